The van der Waals surface area contributed by atoms with Crippen LogP contribution in [0, 0.1) is 5.92 Å². The molecule has 8 rings (SSSR count). The number of hydrogen-bond acceptors (Lipinski definition) is 7. The molecule has 63 heavy (non-hydrogen) atoms. The summed E-state index contributed by atoms with van der Waals surface area (Å²) in [5.74, 6) is 0.526. The summed E-state index contributed by atoms with van der Waals surface area (Å²) in [6.07, 6.45) is 4.43. The maximum Gasteiger partial charge on any atom is 0.407 e. The zero-order valence-corrected chi connectivity index (χ0v) is 35.7. The van der Waals surface area contributed by atoms with Crippen LogP contribution in [0.3, 0.4) is 0 Å². The molecule has 12 nitrogen and oxygen atoms in total. The van der Waals surface area contributed by atoms with Gasteiger partial charge in [-0.15, -0.1) is 0 Å². The van der Waals surface area contributed by atoms with Crippen molar-refractivity contribution in [2.24, 2.45) is 5.92 Å². The van der Waals surface area contributed by atoms with Crippen LogP contribution < -0.4 is 10.6 Å². The minimum atomic E-state index is -4.50. The first-order valence-corrected chi connectivity index (χ1v) is 21.3. The molecule has 0 radical (unpaired) electrons. The van der Waals surface area contributed by atoms with Crippen LogP contribution >= 0.6 is 0 Å². The smallest absolute Gasteiger partial charge is 0.407 e. The SMILES string of the molecule is C=C(/C=C\C=C/C)[C@@H](NCC(F)(F)F)C(=O)N1CCC[C@H]1c1nc2c(ccc3cc(-c4ccc5c(ccc6[nH]c([C@@H]7CCCN7C(=O)[C@@H](NC(=O)OC)C(C)C)nc65)c4)ccc32)[nH]1. The molecule has 15 heteroatoms. The van der Waals surface area contributed by atoms with Gasteiger partial charge in [0.05, 0.1) is 47.8 Å². The zero-order chi connectivity index (χ0) is 44.6. The molecule has 0 spiro atoms. The summed E-state index contributed by atoms with van der Waals surface area (Å²) in [5, 5.41) is 8.99. The van der Waals surface area contributed by atoms with E-state index in [0.29, 0.717) is 37.6 Å². The highest BCUT2D eigenvalue weighted by atomic mass is 19.4. The van der Waals surface area contributed by atoms with E-state index in [1.807, 2.05) is 49.9 Å². The molecule has 2 saturated heterocycles. The van der Waals surface area contributed by atoms with Gasteiger partial charge in [-0.1, -0.05) is 81.1 Å². The van der Waals surface area contributed by atoms with Crippen molar-refractivity contribution in [1.82, 2.24) is 40.4 Å². The van der Waals surface area contributed by atoms with E-state index < -0.39 is 42.8 Å². The lowest BCUT2D eigenvalue weighted by molar-refractivity contribution is -0.138. The number of nitrogens with one attached hydrogen (secondary N) is 4. The van der Waals surface area contributed by atoms with E-state index in [1.54, 1.807) is 29.2 Å². The number of carbonyl (C=O) groups is 3. The number of alkyl halides is 3. The first-order chi connectivity index (χ1) is 30.2. The first-order valence-electron chi connectivity index (χ1n) is 21.3. The van der Waals surface area contributed by atoms with Crippen LogP contribution in [0.15, 0.2) is 97.1 Å². The van der Waals surface area contributed by atoms with Crippen molar-refractivity contribution in [2.45, 2.75) is 76.8 Å². The van der Waals surface area contributed by atoms with Crippen molar-refractivity contribution in [1.29, 1.82) is 0 Å². The molecule has 2 aliphatic rings. The number of rotatable bonds is 12. The molecule has 0 saturated carbocycles. The number of halogens is 3. The molecule has 6 aromatic rings. The Kier molecular flexibility index (Phi) is 12.1. The van der Waals surface area contributed by atoms with Crippen molar-refractivity contribution < 1.29 is 32.3 Å². The predicted molar refractivity (Wildman–Crippen MR) is 239 cm³/mol. The maximum atomic E-state index is 13.9. The number of H-pyrrole nitrogens is 2. The Morgan fingerprint density at radius 3 is 1.87 bits per heavy atom. The van der Waals surface area contributed by atoms with Crippen molar-refractivity contribution in [3.63, 3.8) is 0 Å². The van der Waals surface area contributed by atoms with Gasteiger partial charge in [-0.2, -0.15) is 13.2 Å². The van der Waals surface area contributed by atoms with E-state index in [0.717, 1.165) is 67.6 Å². The van der Waals surface area contributed by atoms with Gasteiger partial charge in [-0.3, -0.25) is 14.9 Å². The number of methoxy groups -OCH3 is 1. The Balaban J connectivity index is 1.04. The minimum absolute atomic E-state index is 0.133. The van der Waals surface area contributed by atoms with Crippen molar-refractivity contribution in [3.8, 4) is 11.1 Å². The molecule has 0 bridgehead atoms. The molecule has 0 unspecified atom stereocenters. The zero-order valence-electron chi connectivity index (χ0n) is 35.7. The Bertz CT molecular complexity index is 2790. The second-order valence-corrected chi connectivity index (χ2v) is 16.7. The second-order valence-electron chi connectivity index (χ2n) is 16.7. The quantitative estimate of drug-likeness (QED) is 0.0897. The highest BCUT2D eigenvalue weighted by Crippen LogP contribution is 2.38. The van der Waals surface area contributed by atoms with Crippen LogP contribution in [0.5, 0.6) is 0 Å². The predicted octanol–water partition coefficient (Wildman–Crippen LogP) is 9.33. The van der Waals surface area contributed by atoms with Crippen molar-refractivity contribution in [2.75, 3.05) is 26.7 Å². The van der Waals surface area contributed by atoms with Crippen molar-refractivity contribution in [3.05, 3.63) is 109 Å². The molecule has 0 aliphatic carbocycles. The Morgan fingerprint density at radius 2 is 1.38 bits per heavy atom. The fourth-order valence-electron chi connectivity index (χ4n) is 8.97. The summed E-state index contributed by atoms with van der Waals surface area (Å²) < 4.78 is 44.7. The molecular weight excluding hydrogens is 810 g/mol. The maximum absolute atomic E-state index is 13.9. The van der Waals surface area contributed by atoms with Crippen LogP contribution in [0.4, 0.5) is 18.0 Å². The van der Waals surface area contributed by atoms with E-state index >= 15 is 0 Å². The second kappa shape index (κ2) is 17.7. The molecule has 328 valence electrons. The average molecular weight is 861 g/mol. The lowest BCUT2D eigenvalue weighted by Crippen LogP contribution is -2.51. The minimum Gasteiger partial charge on any atom is -0.453 e. The van der Waals surface area contributed by atoms with Gasteiger partial charge < -0.3 is 29.8 Å². The lowest BCUT2D eigenvalue weighted by Gasteiger charge is -2.29. The third kappa shape index (κ3) is 8.79. The number of ether oxygens (including phenoxy) is 1. The van der Waals surface area contributed by atoms with Crippen LogP contribution in [0.1, 0.15) is 70.2 Å². The summed E-state index contributed by atoms with van der Waals surface area (Å²) in [6, 6.07) is 17.9. The van der Waals surface area contributed by atoms with Gasteiger partial charge in [-0.25, -0.2) is 14.8 Å². The number of nitrogens with zero attached hydrogens (tertiary/aromatic N) is 4. The number of imidazole rings is 2. The Labute approximate surface area is 362 Å². The van der Waals surface area contributed by atoms with E-state index in [2.05, 4.69) is 63.6 Å². The van der Waals surface area contributed by atoms with Gasteiger partial charge >= 0.3 is 12.3 Å². The molecule has 4 N–H and O–H groups in total. The monoisotopic (exact) mass is 860 g/mol. The third-order valence-corrected chi connectivity index (χ3v) is 12.1. The van der Waals surface area contributed by atoms with Crippen LogP contribution in [-0.2, 0) is 14.3 Å². The fourth-order valence-corrected chi connectivity index (χ4v) is 8.97. The lowest BCUT2D eigenvalue weighted by atomic mass is 9.98. The number of alkyl carbamates (subject to hydrolysis) is 1. The van der Waals surface area contributed by atoms with Crippen LogP contribution in [-0.4, -0.2) is 92.6 Å². The van der Waals surface area contributed by atoms with E-state index in [9.17, 15) is 27.6 Å². The number of amides is 3. The molecule has 4 heterocycles. The topological polar surface area (TPSA) is 148 Å². The molecule has 4 atom stereocenters. The van der Waals surface area contributed by atoms with Gasteiger partial charge in [0, 0.05) is 23.9 Å². The van der Waals surface area contributed by atoms with Crippen molar-refractivity contribution >= 4 is 61.5 Å². The summed E-state index contributed by atoms with van der Waals surface area (Å²) in [5.41, 5.74) is 5.50. The molecule has 2 aliphatic heterocycles. The molecular formula is C48H51F3N8O4. The van der Waals surface area contributed by atoms with Gasteiger partial charge in [0.2, 0.25) is 11.8 Å². The van der Waals surface area contributed by atoms with Crippen LogP contribution in [0.25, 0.3) is 54.7 Å². The highest BCUT2D eigenvalue weighted by Gasteiger charge is 2.39. The summed E-state index contributed by atoms with van der Waals surface area (Å²) >= 11 is 0. The third-order valence-electron chi connectivity index (χ3n) is 12.1. The largest absolute Gasteiger partial charge is 0.453 e. The Hall–Kier alpha value is -6.48. The van der Waals surface area contributed by atoms with Gasteiger partial charge in [0.25, 0.3) is 0 Å². The number of carbonyl (C=O) groups excluding carboxylic acids is 3. The van der Waals surface area contributed by atoms with Gasteiger partial charge in [-0.05, 0) is 90.3 Å². The fraction of sp³-hybridized carbons (Fsp3) is 0.354. The van der Waals surface area contributed by atoms with Gasteiger partial charge in [0.15, 0.2) is 0 Å². The number of benzene rings is 4. The van der Waals surface area contributed by atoms with Crippen LogP contribution in [0.2, 0.25) is 0 Å². The normalized spacial score (nSPS) is 18.2. The first kappa shape index (κ1) is 43.2. The average Bonchev–Trinajstić information content (AvgIpc) is 4.10. The van der Waals surface area contributed by atoms with E-state index in [1.165, 1.54) is 7.11 Å². The van der Waals surface area contributed by atoms with Gasteiger partial charge in [0.1, 0.15) is 23.7 Å². The number of likely N-dealkylation sites (tertiary alicyclic amines) is 2. The Morgan fingerprint density at radius 1 is 0.841 bits per heavy atom. The molecule has 2 fully saturated rings. The number of allylic oxidation sites excluding steroid dienone is 3. The summed E-state index contributed by atoms with van der Waals surface area (Å²) in [7, 11) is 1.28. The van der Waals surface area contributed by atoms with E-state index in [-0.39, 0.29) is 23.4 Å². The molecule has 3 amide bonds. The number of fused-ring (bicyclic) bond motifs is 6. The van der Waals surface area contributed by atoms with E-state index in [4.69, 9.17) is 14.7 Å². The standard InChI is InChI=1S/C48H51F3N8O4/c1-6-7-8-11-28(4)40(52-26-48(49,50)51)46(61)59-23-10-13-38(59)44-54-36-21-17-32-25-30(15-19-34(32)42(36)56-44)29-14-18-33-31(24-29)16-20-35-41(33)55-43(53-35)37-12-9-22-58(37)45(60)39(27(2)3)57-47(62)63-5/h6-8,11,14-21,24-25,27,37-40,52H,4,9-10,12-13,22-23,26H2,1-3,5H3,(H,53,55)(H,54,56)(H,57,62)/b7-6-,11-8-/t37-,38-,39-,40+/m0/s1. The number of aromatic amines is 2. The summed E-state index contributed by atoms with van der Waals surface area (Å²) in [4.78, 5) is 60.1. The summed E-state index contributed by atoms with van der Waals surface area (Å²) in [6.45, 7) is 9.16. The molecule has 2 aromatic heterocycles. The number of hydrogen-bond donors (Lipinski definition) is 4. The molecule has 4 aromatic carbocycles. The highest BCUT2D eigenvalue weighted by molar-refractivity contribution is 6.07. The number of aromatic nitrogens is 4.